The number of hydrogen-bond acceptors (Lipinski definition) is 4. The second kappa shape index (κ2) is 6.07. The second-order valence-electron chi connectivity index (χ2n) is 6.69. The SMILES string of the molecule is Cc1sc2nc(C3CCCN(C(=O)C(C)C)C3)[nH]c(=O)c2c1C. The smallest absolute Gasteiger partial charge is 0.259 e. The largest absolute Gasteiger partial charge is 0.342 e. The fourth-order valence-electron chi connectivity index (χ4n) is 3.23. The third-order valence-electron chi connectivity index (χ3n) is 4.67. The van der Waals surface area contributed by atoms with Crippen LogP contribution < -0.4 is 5.56 Å². The van der Waals surface area contributed by atoms with E-state index in [1.165, 1.54) is 0 Å². The van der Waals surface area contributed by atoms with E-state index in [0.29, 0.717) is 11.9 Å². The van der Waals surface area contributed by atoms with Gasteiger partial charge in [0.1, 0.15) is 10.7 Å². The van der Waals surface area contributed by atoms with Crippen molar-refractivity contribution in [2.75, 3.05) is 13.1 Å². The van der Waals surface area contributed by atoms with E-state index >= 15 is 0 Å². The molecule has 2 aromatic heterocycles. The molecule has 124 valence electrons. The third-order valence-corrected chi connectivity index (χ3v) is 5.77. The summed E-state index contributed by atoms with van der Waals surface area (Å²) in [7, 11) is 0. The number of carbonyl (C=O) groups is 1. The maximum atomic E-state index is 12.4. The van der Waals surface area contributed by atoms with Gasteiger partial charge in [0.25, 0.3) is 5.56 Å². The number of aromatic nitrogens is 2. The number of nitrogens with one attached hydrogen (secondary N) is 1. The monoisotopic (exact) mass is 333 g/mol. The zero-order valence-electron chi connectivity index (χ0n) is 14.1. The van der Waals surface area contributed by atoms with E-state index in [-0.39, 0.29) is 23.3 Å². The lowest BCUT2D eigenvalue weighted by atomic mass is 9.96. The van der Waals surface area contributed by atoms with Gasteiger partial charge in [-0.2, -0.15) is 0 Å². The van der Waals surface area contributed by atoms with Gasteiger partial charge in [-0.25, -0.2) is 4.98 Å². The van der Waals surface area contributed by atoms with Crippen LogP contribution in [0.5, 0.6) is 0 Å². The minimum Gasteiger partial charge on any atom is -0.342 e. The molecule has 0 radical (unpaired) electrons. The van der Waals surface area contributed by atoms with E-state index < -0.39 is 0 Å². The summed E-state index contributed by atoms with van der Waals surface area (Å²) in [4.78, 5) is 36.2. The number of carbonyl (C=O) groups excluding carboxylic acids is 1. The number of piperidine rings is 1. The van der Waals surface area contributed by atoms with E-state index in [9.17, 15) is 9.59 Å². The molecule has 1 unspecified atom stereocenters. The molecule has 1 atom stereocenters. The van der Waals surface area contributed by atoms with E-state index in [2.05, 4.69) is 4.98 Å². The first-order valence-electron chi connectivity index (χ1n) is 8.17. The Hall–Kier alpha value is -1.69. The number of fused-ring (bicyclic) bond motifs is 1. The van der Waals surface area contributed by atoms with Crippen molar-refractivity contribution in [1.82, 2.24) is 14.9 Å². The average Bonchev–Trinajstić information content (AvgIpc) is 2.81. The summed E-state index contributed by atoms with van der Waals surface area (Å²) in [5.41, 5.74) is 0.963. The summed E-state index contributed by atoms with van der Waals surface area (Å²) in [5, 5.41) is 0.710. The minimum atomic E-state index is -0.0563. The van der Waals surface area contributed by atoms with Crippen LogP contribution in [0, 0.1) is 19.8 Å². The molecule has 0 bridgehead atoms. The predicted octanol–water partition coefficient (Wildman–Crippen LogP) is 2.96. The van der Waals surface area contributed by atoms with E-state index in [0.717, 1.165) is 40.5 Å². The van der Waals surface area contributed by atoms with Gasteiger partial charge < -0.3 is 9.88 Å². The van der Waals surface area contributed by atoms with Crippen molar-refractivity contribution in [1.29, 1.82) is 0 Å². The number of likely N-dealkylation sites (tertiary alicyclic amines) is 1. The van der Waals surface area contributed by atoms with Gasteiger partial charge >= 0.3 is 0 Å². The van der Waals surface area contributed by atoms with Gasteiger partial charge in [-0.05, 0) is 32.3 Å². The highest BCUT2D eigenvalue weighted by Gasteiger charge is 2.28. The van der Waals surface area contributed by atoms with E-state index in [1.54, 1.807) is 11.3 Å². The molecular weight excluding hydrogens is 310 g/mol. The van der Waals surface area contributed by atoms with Crippen LogP contribution in [0.25, 0.3) is 10.2 Å². The van der Waals surface area contributed by atoms with Gasteiger partial charge in [0, 0.05) is 29.8 Å². The maximum absolute atomic E-state index is 12.4. The number of aromatic amines is 1. The lowest BCUT2D eigenvalue weighted by Gasteiger charge is -2.33. The lowest BCUT2D eigenvalue weighted by molar-refractivity contribution is -0.135. The Morgan fingerprint density at radius 2 is 2.13 bits per heavy atom. The van der Waals surface area contributed by atoms with Crippen molar-refractivity contribution in [2.45, 2.75) is 46.5 Å². The molecule has 1 amide bonds. The Bertz CT molecular complexity index is 806. The molecule has 2 aromatic rings. The first-order chi connectivity index (χ1) is 10.9. The molecular formula is C17H23N3O2S. The topological polar surface area (TPSA) is 66.1 Å². The minimum absolute atomic E-state index is 0.00540. The van der Waals surface area contributed by atoms with Gasteiger partial charge in [0.2, 0.25) is 5.91 Å². The number of hydrogen-bond donors (Lipinski definition) is 1. The van der Waals surface area contributed by atoms with Gasteiger partial charge in [0.05, 0.1) is 5.39 Å². The Morgan fingerprint density at radius 3 is 2.83 bits per heavy atom. The summed E-state index contributed by atoms with van der Waals surface area (Å²) in [6.07, 6.45) is 1.91. The van der Waals surface area contributed by atoms with Gasteiger partial charge in [-0.3, -0.25) is 9.59 Å². The van der Waals surface area contributed by atoms with Crippen molar-refractivity contribution in [3.63, 3.8) is 0 Å². The normalized spacial score (nSPS) is 18.8. The number of thiophene rings is 1. The summed E-state index contributed by atoms with van der Waals surface area (Å²) in [6, 6.07) is 0. The zero-order valence-corrected chi connectivity index (χ0v) is 14.9. The predicted molar refractivity (Wildman–Crippen MR) is 93.1 cm³/mol. The van der Waals surface area contributed by atoms with E-state index in [4.69, 9.17) is 4.98 Å². The Morgan fingerprint density at radius 1 is 1.39 bits per heavy atom. The summed E-state index contributed by atoms with van der Waals surface area (Å²) in [6.45, 7) is 9.29. The molecule has 5 nitrogen and oxygen atoms in total. The molecule has 1 aliphatic heterocycles. The Kier molecular flexibility index (Phi) is 4.27. The molecule has 0 aliphatic carbocycles. The molecule has 1 saturated heterocycles. The van der Waals surface area contributed by atoms with Crippen molar-refractivity contribution >= 4 is 27.5 Å². The van der Waals surface area contributed by atoms with Crippen molar-refractivity contribution < 1.29 is 4.79 Å². The van der Waals surface area contributed by atoms with Crippen LogP contribution in [0.4, 0.5) is 0 Å². The molecule has 6 heteroatoms. The number of rotatable bonds is 2. The van der Waals surface area contributed by atoms with Crippen LogP contribution in [0.15, 0.2) is 4.79 Å². The zero-order chi connectivity index (χ0) is 16.7. The average molecular weight is 333 g/mol. The molecule has 1 fully saturated rings. The molecule has 3 heterocycles. The highest BCUT2D eigenvalue weighted by atomic mass is 32.1. The number of H-pyrrole nitrogens is 1. The number of aryl methyl sites for hydroxylation is 2. The van der Waals surface area contributed by atoms with Crippen LogP contribution in [0.2, 0.25) is 0 Å². The number of nitrogens with zero attached hydrogens (tertiary/aromatic N) is 2. The highest BCUT2D eigenvalue weighted by Crippen LogP contribution is 2.29. The molecule has 0 spiro atoms. The standard InChI is InChI=1S/C17H23N3O2S/c1-9(2)17(22)20-7-5-6-12(8-20)14-18-15(21)13-10(3)11(4)23-16(13)19-14/h9,12H,5-8H2,1-4H3,(H,18,19,21). The quantitative estimate of drug-likeness (QED) is 0.919. The molecule has 0 saturated carbocycles. The van der Waals surface area contributed by atoms with Crippen molar-refractivity contribution in [2.24, 2.45) is 5.92 Å². The van der Waals surface area contributed by atoms with Crippen LogP contribution in [0.3, 0.4) is 0 Å². The lowest BCUT2D eigenvalue weighted by Crippen LogP contribution is -2.41. The second-order valence-corrected chi connectivity index (χ2v) is 7.90. The molecule has 0 aromatic carbocycles. The van der Waals surface area contributed by atoms with Crippen LogP contribution in [0.1, 0.15) is 48.9 Å². The third kappa shape index (κ3) is 2.92. The number of amides is 1. The summed E-state index contributed by atoms with van der Waals surface area (Å²) >= 11 is 1.57. The van der Waals surface area contributed by atoms with Gasteiger partial charge in [-0.1, -0.05) is 13.8 Å². The molecule has 1 aliphatic rings. The van der Waals surface area contributed by atoms with Gasteiger partial charge in [-0.15, -0.1) is 11.3 Å². The van der Waals surface area contributed by atoms with Crippen molar-refractivity contribution in [3.05, 3.63) is 26.6 Å². The molecule has 1 N–H and O–H groups in total. The maximum Gasteiger partial charge on any atom is 0.259 e. The molecule has 23 heavy (non-hydrogen) atoms. The Balaban J connectivity index is 1.94. The van der Waals surface area contributed by atoms with Crippen molar-refractivity contribution in [3.8, 4) is 0 Å². The summed E-state index contributed by atoms with van der Waals surface area (Å²) < 4.78 is 0. The van der Waals surface area contributed by atoms with Crippen LogP contribution >= 0.6 is 11.3 Å². The highest BCUT2D eigenvalue weighted by molar-refractivity contribution is 7.18. The van der Waals surface area contributed by atoms with Crippen LogP contribution in [-0.2, 0) is 4.79 Å². The molecule has 3 rings (SSSR count). The fourth-order valence-corrected chi connectivity index (χ4v) is 4.27. The first-order valence-corrected chi connectivity index (χ1v) is 8.98. The van der Waals surface area contributed by atoms with E-state index in [1.807, 2.05) is 32.6 Å². The summed E-state index contributed by atoms with van der Waals surface area (Å²) in [5.74, 6) is 1.03. The van der Waals surface area contributed by atoms with Crippen LogP contribution in [-0.4, -0.2) is 33.9 Å². The first kappa shape index (κ1) is 16.2. The fraction of sp³-hybridized carbons (Fsp3) is 0.588. The van der Waals surface area contributed by atoms with Gasteiger partial charge in [0.15, 0.2) is 0 Å². The Labute approximate surface area is 139 Å².